The Morgan fingerprint density at radius 2 is 2.11 bits per heavy atom. The van der Waals surface area contributed by atoms with Gasteiger partial charge in [0.15, 0.2) is 0 Å². The maximum Gasteiger partial charge on any atom is 0.0343 e. The second kappa shape index (κ2) is 6.24. The number of likely N-dealkylation sites (tertiary alicyclic amines) is 1. The first kappa shape index (κ1) is 13.4. The quantitative estimate of drug-likeness (QED) is 0.826. The van der Waals surface area contributed by atoms with Crippen LogP contribution in [0, 0.1) is 12.8 Å². The Morgan fingerprint density at radius 3 is 2.83 bits per heavy atom. The minimum atomic E-state index is 0.903. The monoisotopic (exact) mass is 246 g/mol. The number of anilines is 1. The largest absolute Gasteiger partial charge is 0.399 e. The van der Waals surface area contributed by atoms with Crippen LogP contribution in [0.3, 0.4) is 0 Å². The summed E-state index contributed by atoms with van der Waals surface area (Å²) in [5, 5.41) is 0. The van der Waals surface area contributed by atoms with Crippen LogP contribution in [0.1, 0.15) is 43.7 Å². The first-order chi connectivity index (χ1) is 8.69. The number of benzene rings is 1. The highest BCUT2D eigenvalue weighted by atomic mass is 15.1. The zero-order valence-corrected chi connectivity index (χ0v) is 11.8. The summed E-state index contributed by atoms with van der Waals surface area (Å²) in [6.45, 7) is 8.00. The van der Waals surface area contributed by atoms with Gasteiger partial charge in [0, 0.05) is 12.2 Å². The predicted octanol–water partition coefficient (Wildman–Crippen LogP) is 3.59. The highest BCUT2D eigenvalue weighted by Crippen LogP contribution is 2.22. The third-order valence-electron chi connectivity index (χ3n) is 4.26. The number of hydrogen-bond donors (Lipinski definition) is 1. The van der Waals surface area contributed by atoms with E-state index in [2.05, 4.69) is 30.9 Å². The maximum absolute atomic E-state index is 5.87. The van der Waals surface area contributed by atoms with Crippen molar-refractivity contribution in [1.29, 1.82) is 0 Å². The molecule has 0 radical (unpaired) electrons. The molecule has 1 unspecified atom stereocenters. The van der Waals surface area contributed by atoms with Crippen LogP contribution in [-0.4, -0.2) is 18.0 Å². The molecule has 2 N–H and O–H groups in total. The van der Waals surface area contributed by atoms with Gasteiger partial charge in [-0.15, -0.1) is 0 Å². The molecule has 1 aliphatic rings. The third kappa shape index (κ3) is 3.49. The van der Waals surface area contributed by atoms with Gasteiger partial charge >= 0.3 is 0 Å². The lowest BCUT2D eigenvalue weighted by molar-refractivity contribution is 0.272. The molecule has 1 aromatic rings. The topological polar surface area (TPSA) is 29.3 Å². The fourth-order valence-corrected chi connectivity index (χ4v) is 2.89. The molecule has 1 fully saturated rings. The van der Waals surface area contributed by atoms with E-state index in [1.54, 1.807) is 0 Å². The molecule has 2 heteroatoms. The summed E-state index contributed by atoms with van der Waals surface area (Å²) in [4.78, 5) is 2.60. The molecule has 1 saturated heterocycles. The average Bonchev–Trinajstić information content (AvgIpc) is 2.59. The van der Waals surface area contributed by atoms with Gasteiger partial charge in [-0.2, -0.15) is 0 Å². The Bertz CT molecular complexity index is 387. The lowest BCUT2D eigenvalue weighted by Crippen LogP contribution is -2.24. The van der Waals surface area contributed by atoms with Crippen molar-refractivity contribution in [3.05, 3.63) is 29.3 Å². The van der Waals surface area contributed by atoms with Gasteiger partial charge in [-0.25, -0.2) is 0 Å². The van der Waals surface area contributed by atoms with E-state index in [4.69, 9.17) is 5.73 Å². The van der Waals surface area contributed by atoms with E-state index in [1.165, 1.54) is 49.9 Å². The molecule has 0 saturated carbocycles. The number of rotatable bonds is 3. The molecule has 0 aromatic heterocycles. The Morgan fingerprint density at radius 1 is 1.28 bits per heavy atom. The van der Waals surface area contributed by atoms with Crippen molar-refractivity contribution in [2.45, 2.75) is 46.1 Å². The molecule has 1 aliphatic heterocycles. The first-order valence-corrected chi connectivity index (χ1v) is 7.26. The molecule has 0 aliphatic carbocycles. The smallest absolute Gasteiger partial charge is 0.0343 e. The molecule has 2 rings (SSSR count). The summed E-state index contributed by atoms with van der Waals surface area (Å²) in [6, 6.07) is 6.44. The highest BCUT2D eigenvalue weighted by molar-refractivity contribution is 5.47. The summed E-state index contributed by atoms with van der Waals surface area (Å²) in [5.41, 5.74) is 9.38. The van der Waals surface area contributed by atoms with Gasteiger partial charge in [-0.05, 0) is 62.4 Å². The third-order valence-corrected chi connectivity index (χ3v) is 4.26. The molecule has 100 valence electrons. The van der Waals surface area contributed by atoms with Crippen LogP contribution in [0.15, 0.2) is 18.2 Å². The first-order valence-electron chi connectivity index (χ1n) is 7.26. The SMILES string of the molecule is CCC1CCCN(Cc2ccc(N)c(C)c2)CC1. The Hall–Kier alpha value is -1.02. The van der Waals surface area contributed by atoms with Crippen LogP contribution >= 0.6 is 0 Å². The van der Waals surface area contributed by atoms with Gasteiger partial charge in [0.1, 0.15) is 0 Å². The van der Waals surface area contributed by atoms with Crippen LogP contribution in [-0.2, 0) is 6.54 Å². The second-order valence-electron chi connectivity index (χ2n) is 5.67. The zero-order valence-electron chi connectivity index (χ0n) is 11.8. The fraction of sp³-hybridized carbons (Fsp3) is 0.625. The van der Waals surface area contributed by atoms with E-state index < -0.39 is 0 Å². The van der Waals surface area contributed by atoms with Crippen LogP contribution in [0.4, 0.5) is 5.69 Å². The van der Waals surface area contributed by atoms with Gasteiger partial charge in [-0.3, -0.25) is 4.90 Å². The van der Waals surface area contributed by atoms with E-state index >= 15 is 0 Å². The number of hydrogen-bond acceptors (Lipinski definition) is 2. The minimum absolute atomic E-state index is 0.903. The maximum atomic E-state index is 5.87. The number of nitrogen functional groups attached to an aromatic ring is 1. The van der Waals surface area contributed by atoms with E-state index in [0.717, 1.165) is 18.2 Å². The van der Waals surface area contributed by atoms with Gasteiger partial charge in [0.25, 0.3) is 0 Å². The molecule has 2 nitrogen and oxygen atoms in total. The Labute approximate surface area is 111 Å². The van der Waals surface area contributed by atoms with Crippen molar-refractivity contribution in [3.8, 4) is 0 Å². The van der Waals surface area contributed by atoms with Crippen LogP contribution < -0.4 is 5.73 Å². The van der Waals surface area contributed by atoms with Crippen molar-refractivity contribution in [1.82, 2.24) is 4.90 Å². The summed E-state index contributed by atoms with van der Waals surface area (Å²) >= 11 is 0. The molecule has 1 heterocycles. The molecular weight excluding hydrogens is 220 g/mol. The Kier molecular flexibility index (Phi) is 4.65. The highest BCUT2D eigenvalue weighted by Gasteiger charge is 2.15. The van der Waals surface area contributed by atoms with E-state index in [1.807, 2.05) is 6.07 Å². The van der Waals surface area contributed by atoms with Gasteiger partial charge < -0.3 is 5.73 Å². The molecule has 1 atom stereocenters. The standard InChI is InChI=1S/C16H26N2/c1-3-14-5-4-9-18(10-8-14)12-15-6-7-16(17)13(2)11-15/h6-7,11,14H,3-5,8-10,12,17H2,1-2H3. The zero-order chi connectivity index (χ0) is 13.0. The summed E-state index contributed by atoms with van der Waals surface area (Å²) in [6.07, 6.45) is 5.47. The number of aryl methyl sites for hydroxylation is 1. The lowest BCUT2D eigenvalue weighted by atomic mass is 9.98. The van der Waals surface area contributed by atoms with Crippen LogP contribution in [0.2, 0.25) is 0 Å². The summed E-state index contributed by atoms with van der Waals surface area (Å²) < 4.78 is 0. The van der Waals surface area contributed by atoms with Gasteiger partial charge in [-0.1, -0.05) is 25.5 Å². The number of nitrogens with zero attached hydrogens (tertiary/aromatic N) is 1. The fourth-order valence-electron chi connectivity index (χ4n) is 2.89. The summed E-state index contributed by atoms with van der Waals surface area (Å²) in [5.74, 6) is 0.947. The van der Waals surface area contributed by atoms with E-state index in [9.17, 15) is 0 Å². The minimum Gasteiger partial charge on any atom is -0.399 e. The number of nitrogens with two attached hydrogens (primary N) is 1. The van der Waals surface area contributed by atoms with E-state index in [0.29, 0.717) is 0 Å². The lowest BCUT2D eigenvalue weighted by Gasteiger charge is -2.20. The second-order valence-corrected chi connectivity index (χ2v) is 5.67. The van der Waals surface area contributed by atoms with Crippen molar-refractivity contribution < 1.29 is 0 Å². The normalized spacial score (nSPS) is 21.8. The molecule has 0 amide bonds. The predicted molar refractivity (Wildman–Crippen MR) is 78.5 cm³/mol. The van der Waals surface area contributed by atoms with Crippen LogP contribution in [0.5, 0.6) is 0 Å². The molecule has 0 spiro atoms. The molecule has 18 heavy (non-hydrogen) atoms. The van der Waals surface area contributed by atoms with Crippen LogP contribution in [0.25, 0.3) is 0 Å². The summed E-state index contributed by atoms with van der Waals surface area (Å²) in [7, 11) is 0. The van der Waals surface area contributed by atoms with Crippen molar-refractivity contribution in [2.24, 2.45) is 5.92 Å². The average molecular weight is 246 g/mol. The molecule has 1 aromatic carbocycles. The van der Waals surface area contributed by atoms with Gasteiger partial charge in [0.05, 0.1) is 0 Å². The Balaban J connectivity index is 1.94. The van der Waals surface area contributed by atoms with Gasteiger partial charge in [0.2, 0.25) is 0 Å². The van der Waals surface area contributed by atoms with Crippen molar-refractivity contribution in [2.75, 3.05) is 18.8 Å². The molecule has 0 bridgehead atoms. The van der Waals surface area contributed by atoms with Crippen molar-refractivity contribution in [3.63, 3.8) is 0 Å². The molecular formula is C16H26N2. The van der Waals surface area contributed by atoms with E-state index in [-0.39, 0.29) is 0 Å². The van der Waals surface area contributed by atoms with Crippen molar-refractivity contribution >= 4 is 5.69 Å².